The number of nitrogens with zero attached hydrogens (tertiary/aromatic N) is 2. The molecule has 0 radical (unpaired) electrons. The summed E-state index contributed by atoms with van der Waals surface area (Å²) in [7, 11) is 0. The first kappa shape index (κ1) is 55.2. The molecule has 0 aromatic heterocycles. The van der Waals surface area contributed by atoms with Crippen LogP contribution in [0.25, 0.3) is 66.8 Å². The highest BCUT2D eigenvalue weighted by Gasteiger charge is 2.53. The Bertz CT molecular complexity index is 5100. The van der Waals surface area contributed by atoms with Crippen LogP contribution in [0.3, 0.4) is 0 Å². The van der Waals surface area contributed by atoms with Crippen molar-refractivity contribution in [2.75, 3.05) is 9.80 Å². The summed E-state index contributed by atoms with van der Waals surface area (Å²) in [5.74, 6) is 3.36. The topological polar surface area (TPSA) is 24.9 Å². The first-order chi connectivity index (χ1) is 47.6. The maximum atomic E-state index is 6.99. The van der Waals surface area contributed by atoms with Gasteiger partial charge in [-0.2, -0.15) is 0 Å². The molecule has 19 rings (SSSR count). The molecule has 96 heavy (non-hydrogen) atoms. The molecule has 0 saturated heterocycles. The van der Waals surface area contributed by atoms with Gasteiger partial charge in [-0.3, -0.25) is 0 Å². The monoisotopic (exact) mass is 1220 g/mol. The standard InChI is InChI=1S/C92H60N2O2/c1-5-22-61(23-6-1)65-40-48-73(49-41-65)93-83-52-44-69(63-26-9-3-10-27-63)57-79(83)91(75-32-13-17-36-87(75)95-88-37-18-14-33-76(88)91)81-59-71(46-54-85(81)93)67-30-21-31-68(56-67)72-47-55-86-82(60-72)92(77-34-15-19-38-89(77)96-90-39-20-16-35-78(90)92)80-58-70(64-28-11-4-12-29-64)45-53-84(80)94(86)74-50-42-66(43-51-74)62-24-7-2-8-25-62/h1-60H. The molecule has 0 bridgehead atoms. The van der Waals surface area contributed by atoms with Crippen molar-refractivity contribution in [2.45, 2.75) is 10.8 Å². The van der Waals surface area contributed by atoms with Gasteiger partial charge >= 0.3 is 0 Å². The number of hydrogen-bond acceptors (Lipinski definition) is 4. The SMILES string of the molecule is c1ccc(-c2ccc(N3c4ccc(-c5ccccc5)cc4C4(c5ccccc5Oc5ccccc54)c4cc(-c5cccc(-c6ccc7c(c6)C6(c8ccccc8Oc8ccccc86)c6cc(-c8ccccc8)ccc6N7c6ccc(-c7ccccc7)cc6)c5)ccc43)cc2)cc1. The average Bonchev–Trinajstić information content (AvgIpc) is 0.687. The molecule has 4 heteroatoms. The summed E-state index contributed by atoms with van der Waals surface area (Å²) >= 11 is 0. The minimum atomic E-state index is -0.817. The van der Waals surface area contributed by atoms with Gasteiger partial charge in [-0.15, -0.1) is 0 Å². The van der Waals surface area contributed by atoms with Gasteiger partial charge in [0.15, 0.2) is 0 Å². The number of rotatable bonds is 8. The van der Waals surface area contributed by atoms with Crippen LogP contribution < -0.4 is 19.3 Å². The molecule has 4 aliphatic rings. The highest BCUT2D eigenvalue weighted by Crippen LogP contribution is 2.66. The zero-order valence-corrected chi connectivity index (χ0v) is 52.4. The van der Waals surface area contributed by atoms with Gasteiger partial charge in [-0.1, -0.05) is 261 Å². The quantitative estimate of drug-likeness (QED) is 0.151. The summed E-state index contributed by atoms with van der Waals surface area (Å²) in [6.07, 6.45) is 0. The van der Waals surface area contributed by atoms with Crippen LogP contribution in [0, 0.1) is 0 Å². The Kier molecular flexibility index (Phi) is 12.7. The van der Waals surface area contributed by atoms with Crippen molar-refractivity contribution in [3.63, 3.8) is 0 Å². The lowest BCUT2D eigenvalue weighted by Gasteiger charge is -2.49. The Labute approximate surface area is 559 Å². The van der Waals surface area contributed by atoms with Crippen LogP contribution in [0.15, 0.2) is 364 Å². The Balaban J connectivity index is 0.832. The fourth-order valence-electron chi connectivity index (χ4n) is 16.1. The summed E-state index contributed by atoms with van der Waals surface area (Å²) in [5.41, 5.74) is 27.7. The predicted molar refractivity (Wildman–Crippen MR) is 392 cm³/mol. The number of benzene rings is 15. The number of hydrogen-bond donors (Lipinski definition) is 0. The van der Waals surface area contributed by atoms with E-state index in [9.17, 15) is 0 Å². The van der Waals surface area contributed by atoms with Crippen molar-refractivity contribution in [1.82, 2.24) is 0 Å². The smallest absolute Gasteiger partial charge is 0.132 e. The molecule has 15 aromatic carbocycles. The summed E-state index contributed by atoms with van der Waals surface area (Å²) in [6, 6.07) is 133. The predicted octanol–water partition coefficient (Wildman–Crippen LogP) is 24.2. The average molecular weight is 1230 g/mol. The van der Waals surface area contributed by atoms with Gasteiger partial charge in [0.2, 0.25) is 0 Å². The van der Waals surface area contributed by atoms with Crippen LogP contribution in [0.2, 0.25) is 0 Å². The van der Waals surface area contributed by atoms with Crippen LogP contribution in [-0.2, 0) is 10.8 Å². The molecule has 4 aliphatic heterocycles. The van der Waals surface area contributed by atoms with Gasteiger partial charge < -0.3 is 19.3 Å². The fourth-order valence-corrected chi connectivity index (χ4v) is 16.1. The van der Waals surface area contributed by atoms with E-state index in [1.54, 1.807) is 0 Å². The van der Waals surface area contributed by atoms with Gasteiger partial charge in [0.1, 0.15) is 23.0 Å². The molecule has 4 nitrogen and oxygen atoms in total. The lowest BCUT2D eigenvalue weighted by molar-refractivity contribution is 0.434. The van der Waals surface area contributed by atoms with Crippen LogP contribution in [0.4, 0.5) is 34.1 Å². The second kappa shape index (κ2) is 22.1. The van der Waals surface area contributed by atoms with Gasteiger partial charge in [0.05, 0.1) is 33.6 Å². The Morgan fingerprint density at radius 3 is 0.688 bits per heavy atom. The second-order valence-corrected chi connectivity index (χ2v) is 25.4. The minimum absolute atomic E-state index is 0.817. The van der Waals surface area contributed by atoms with Crippen molar-refractivity contribution in [1.29, 1.82) is 0 Å². The zero-order chi connectivity index (χ0) is 63.3. The number of fused-ring (bicyclic) bond motifs is 16. The molecule has 0 aliphatic carbocycles. The van der Waals surface area contributed by atoms with Gasteiger partial charge in [-0.25, -0.2) is 0 Å². The van der Waals surface area contributed by atoms with E-state index in [0.29, 0.717) is 0 Å². The van der Waals surface area contributed by atoms with Gasteiger partial charge in [0.25, 0.3) is 0 Å². The van der Waals surface area contributed by atoms with Gasteiger partial charge in [-0.05, 0) is 192 Å². The Morgan fingerprint density at radius 2 is 0.385 bits per heavy atom. The zero-order valence-electron chi connectivity index (χ0n) is 52.4. The van der Waals surface area contributed by atoms with Crippen molar-refractivity contribution in [2.24, 2.45) is 0 Å². The Morgan fingerprint density at radius 1 is 0.167 bits per heavy atom. The largest absolute Gasteiger partial charge is 0.457 e. The molecular weight excluding hydrogens is 1170 g/mol. The van der Waals surface area contributed by atoms with Crippen LogP contribution in [-0.4, -0.2) is 0 Å². The van der Waals surface area contributed by atoms with E-state index in [0.717, 1.165) is 135 Å². The summed E-state index contributed by atoms with van der Waals surface area (Å²) < 4.78 is 14.0. The number of ether oxygens (including phenoxy) is 2. The van der Waals surface area contributed by atoms with E-state index >= 15 is 0 Å². The molecule has 0 amide bonds. The normalized spacial score (nSPS) is 13.7. The lowest BCUT2D eigenvalue weighted by Crippen LogP contribution is -2.39. The van der Waals surface area contributed by atoms with Crippen molar-refractivity contribution in [3.8, 4) is 89.8 Å². The van der Waals surface area contributed by atoms with Crippen molar-refractivity contribution < 1.29 is 9.47 Å². The molecule has 0 N–H and O–H groups in total. The molecule has 450 valence electrons. The fraction of sp³-hybridized carbons (Fsp3) is 0.0217. The molecule has 0 unspecified atom stereocenters. The van der Waals surface area contributed by atoms with Crippen molar-refractivity contribution >= 4 is 34.1 Å². The molecule has 15 aromatic rings. The Hall–Kier alpha value is -12.5. The molecular formula is C92H60N2O2. The van der Waals surface area contributed by atoms with E-state index < -0.39 is 10.8 Å². The molecule has 4 heterocycles. The van der Waals surface area contributed by atoms with Crippen LogP contribution >= 0.6 is 0 Å². The number of anilines is 6. The highest BCUT2D eigenvalue weighted by atomic mass is 16.5. The maximum absolute atomic E-state index is 6.99. The third-order valence-electron chi connectivity index (χ3n) is 20.4. The van der Waals surface area contributed by atoms with Crippen molar-refractivity contribution in [3.05, 3.63) is 408 Å². The molecule has 0 atom stereocenters. The summed E-state index contributed by atoms with van der Waals surface area (Å²) in [4.78, 5) is 4.97. The minimum Gasteiger partial charge on any atom is -0.457 e. The van der Waals surface area contributed by atoms with Gasteiger partial charge in [0, 0.05) is 33.6 Å². The number of para-hydroxylation sites is 4. The first-order valence-corrected chi connectivity index (χ1v) is 33.0. The second-order valence-electron chi connectivity index (χ2n) is 25.4. The van der Waals surface area contributed by atoms with E-state index in [1.807, 2.05) is 0 Å². The van der Waals surface area contributed by atoms with E-state index in [4.69, 9.17) is 9.47 Å². The van der Waals surface area contributed by atoms with E-state index in [-0.39, 0.29) is 0 Å². The van der Waals surface area contributed by atoms with E-state index in [2.05, 4.69) is 374 Å². The van der Waals surface area contributed by atoms with E-state index in [1.165, 1.54) is 33.4 Å². The highest BCUT2D eigenvalue weighted by molar-refractivity contribution is 5.97. The van der Waals surface area contributed by atoms with Crippen LogP contribution in [0.1, 0.15) is 44.5 Å². The first-order valence-electron chi connectivity index (χ1n) is 33.0. The lowest BCUT2D eigenvalue weighted by atomic mass is 9.60. The maximum Gasteiger partial charge on any atom is 0.132 e. The molecule has 0 fully saturated rings. The molecule has 2 spiro atoms. The molecule has 0 saturated carbocycles. The summed E-state index contributed by atoms with van der Waals surface area (Å²) in [5, 5.41) is 0. The summed E-state index contributed by atoms with van der Waals surface area (Å²) in [6.45, 7) is 0. The van der Waals surface area contributed by atoms with Crippen LogP contribution in [0.5, 0.6) is 23.0 Å². The third-order valence-corrected chi connectivity index (χ3v) is 20.4. The third kappa shape index (κ3) is 8.48.